The van der Waals surface area contributed by atoms with Gasteiger partial charge in [0.1, 0.15) is 11.5 Å². The smallest absolute Gasteiger partial charge is 0.364 e. The molecule has 10 heteroatoms. The van der Waals surface area contributed by atoms with Crippen molar-refractivity contribution in [2.24, 2.45) is 10.2 Å². The van der Waals surface area contributed by atoms with Crippen LogP contribution in [0.5, 0.6) is 11.5 Å². The van der Waals surface area contributed by atoms with Crippen molar-refractivity contribution in [2.45, 2.75) is 0 Å². The van der Waals surface area contributed by atoms with Crippen molar-refractivity contribution >= 4 is 39.7 Å². The molecule has 0 radical (unpaired) electrons. The van der Waals surface area contributed by atoms with Crippen LogP contribution in [0.4, 0.5) is 10.5 Å². The summed E-state index contributed by atoms with van der Waals surface area (Å²) < 4.78 is 5.21. The number of nitrogens with zero attached hydrogens (tertiary/aromatic N) is 2. The van der Waals surface area contributed by atoms with Crippen LogP contribution >= 0.6 is 11.3 Å². The lowest BCUT2D eigenvalue weighted by Gasteiger charge is -2.05. The molecule has 2 aromatic carbocycles. The third-order valence-corrected chi connectivity index (χ3v) is 6.06. The highest BCUT2D eigenvalue weighted by molar-refractivity contribution is 7.12. The molecule has 9 nitrogen and oxygen atoms in total. The number of ether oxygens (including phenoxy) is 1. The van der Waals surface area contributed by atoms with Crippen LogP contribution in [0.1, 0.15) is 9.67 Å². The summed E-state index contributed by atoms with van der Waals surface area (Å²) in [7, 11) is 1.60. The van der Waals surface area contributed by atoms with E-state index in [-0.39, 0.29) is 5.75 Å². The molecular formula is C23H17N5O4S. The van der Waals surface area contributed by atoms with E-state index in [9.17, 15) is 14.7 Å². The number of aromatic hydroxyl groups is 1. The van der Waals surface area contributed by atoms with Crippen molar-refractivity contribution in [3.05, 3.63) is 64.9 Å². The number of carbonyl (C=O) groups excluding carboxylic acids is 2. The predicted molar refractivity (Wildman–Crippen MR) is 125 cm³/mol. The van der Waals surface area contributed by atoms with Crippen LogP contribution in [0, 0.1) is 0 Å². The molecule has 0 unspecified atom stereocenters. The molecule has 3 amide bonds. The molecule has 4 N–H and O–H groups in total. The van der Waals surface area contributed by atoms with Crippen molar-refractivity contribution in [1.29, 1.82) is 0 Å². The third kappa shape index (κ3) is 3.62. The molecule has 2 aliphatic rings. The van der Waals surface area contributed by atoms with E-state index in [1.54, 1.807) is 36.8 Å². The van der Waals surface area contributed by atoms with Crippen molar-refractivity contribution < 1.29 is 19.4 Å². The third-order valence-electron chi connectivity index (χ3n) is 5.20. The molecule has 3 aromatic rings. The number of fused-ring (bicyclic) bond motifs is 3. The fourth-order valence-electron chi connectivity index (χ4n) is 3.71. The minimum absolute atomic E-state index is 0.00539. The van der Waals surface area contributed by atoms with E-state index in [1.165, 1.54) is 11.3 Å². The fourth-order valence-corrected chi connectivity index (χ4v) is 4.32. The Kier molecular flexibility index (Phi) is 5.11. The van der Waals surface area contributed by atoms with E-state index >= 15 is 0 Å². The van der Waals surface area contributed by atoms with Gasteiger partial charge in [-0.2, -0.15) is 0 Å². The Labute approximate surface area is 191 Å². The number of azo groups is 1. The summed E-state index contributed by atoms with van der Waals surface area (Å²) in [4.78, 5) is 24.6. The number of carbonyl (C=O) groups is 2. The van der Waals surface area contributed by atoms with Crippen LogP contribution in [-0.2, 0) is 0 Å². The first-order valence-electron chi connectivity index (χ1n) is 9.85. The largest absolute Gasteiger partial charge is 0.506 e. The second-order valence-corrected chi connectivity index (χ2v) is 8.04. The molecule has 2 heterocycles. The average Bonchev–Trinajstić information content (AvgIpc) is 3.57. The SMILES string of the molecule is COc1ccc(-c2[nH][nH]c3c4cccc(NC(=O)N=NC(=O)c5cccs5)c4c(O)c2-3)cc1. The summed E-state index contributed by atoms with van der Waals surface area (Å²) in [5.41, 5.74) is 3.17. The molecule has 1 aromatic heterocycles. The Balaban J connectivity index is 1.49. The van der Waals surface area contributed by atoms with Gasteiger partial charge in [0.2, 0.25) is 0 Å². The number of thiophene rings is 1. The van der Waals surface area contributed by atoms with E-state index in [2.05, 4.69) is 25.7 Å². The molecule has 0 bridgehead atoms. The lowest BCUT2D eigenvalue weighted by Crippen LogP contribution is -2.06. The second-order valence-electron chi connectivity index (χ2n) is 7.09. The van der Waals surface area contributed by atoms with Gasteiger partial charge in [-0.1, -0.05) is 23.3 Å². The highest BCUT2D eigenvalue weighted by Crippen LogP contribution is 2.49. The number of aromatic amines is 2. The lowest BCUT2D eigenvalue weighted by molar-refractivity contribution is 0.0998. The summed E-state index contributed by atoms with van der Waals surface area (Å²) >= 11 is 1.21. The van der Waals surface area contributed by atoms with Crippen molar-refractivity contribution in [3.63, 3.8) is 0 Å². The molecule has 0 fully saturated rings. The Morgan fingerprint density at radius 1 is 1.00 bits per heavy atom. The second kappa shape index (κ2) is 8.24. The highest BCUT2D eigenvalue weighted by atomic mass is 32.1. The number of rotatable bonds is 4. The Morgan fingerprint density at radius 3 is 2.52 bits per heavy atom. The molecule has 0 atom stereocenters. The lowest BCUT2D eigenvalue weighted by atomic mass is 10.1. The molecule has 5 rings (SSSR count). The number of amides is 3. The van der Waals surface area contributed by atoms with Crippen LogP contribution in [-0.4, -0.2) is 34.4 Å². The van der Waals surface area contributed by atoms with Crippen LogP contribution in [0.2, 0.25) is 0 Å². The summed E-state index contributed by atoms with van der Waals surface area (Å²) in [5.74, 6) is 0.132. The number of H-pyrrole nitrogens is 2. The number of aromatic nitrogens is 2. The summed E-state index contributed by atoms with van der Waals surface area (Å²) in [6.45, 7) is 0. The first-order chi connectivity index (χ1) is 16.1. The molecule has 1 aliphatic carbocycles. The molecule has 0 saturated heterocycles. The van der Waals surface area contributed by atoms with Crippen LogP contribution in [0.25, 0.3) is 33.3 Å². The number of hydrogen-bond donors (Lipinski definition) is 4. The van der Waals surface area contributed by atoms with Crippen molar-refractivity contribution in [1.82, 2.24) is 10.2 Å². The van der Waals surface area contributed by atoms with Gasteiger partial charge in [0, 0.05) is 10.9 Å². The van der Waals surface area contributed by atoms with Gasteiger partial charge in [0.25, 0.3) is 0 Å². The first kappa shape index (κ1) is 20.5. The number of anilines is 1. The van der Waals surface area contributed by atoms with Gasteiger partial charge in [-0.05, 0) is 41.8 Å². The van der Waals surface area contributed by atoms with E-state index in [0.717, 1.165) is 11.3 Å². The number of urea groups is 1. The fraction of sp³-hybridized carbons (Fsp3) is 0.0435. The predicted octanol–water partition coefficient (Wildman–Crippen LogP) is 5.87. The molecule has 1 aliphatic heterocycles. The summed E-state index contributed by atoms with van der Waals surface area (Å²) in [6, 6.07) is 15.1. The van der Waals surface area contributed by atoms with Crippen molar-refractivity contribution in [3.8, 4) is 34.0 Å². The van der Waals surface area contributed by atoms with Gasteiger partial charge in [-0.3, -0.25) is 15.0 Å². The van der Waals surface area contributed by atoms with Gasteiger partial charge < -0.3 is 15.2 Å². The molecule has 33 heavy (non-hydrogen) atoms. The number of hydrogen-bond acceptors (Lipinski definition) is 5. The number of methoxy groups -OCH3 is 1. The van der Waals surface area contributed by atoms with E-state index < -0.39 is 11.9 Å². The maximum atomic E-state index is 12.3. The Bertz CT molecular complexity index is 1460. The highest BCUT2D eigenvalue weighted by Gasteiger charge is 2.26. The van der Waals surface area contributed by atoms with Gasteiger partial charge >= 0.3 is 11.9 Å². The first-order valence-corrected chi connectivity index (χ1v) is 10.7. The zero-order valence-corrected chi connectivity index (χ0v) is 18.1. The molecular weight excluding hydrogens is 442 g/mol. The number of nitrogens with one attached hydrogen (secondary N) is 3. The molecule has 164 valence electrons. The Hall–Kier alpha value is -4.44. The Morgan fingerprint density at radius 2 is 1.79 bits per heavy atom. The van der Waals surface area contributed by atoms with Gasteiger partial charge in [0.05, 0.1) is 40.0 Å². The normalized spacial score (nSPS) is 11.4. The van der Waals surface area contributed by atoms with Gasteiger partial charge in [0.15, 0.2) is 0 Å². The summed E-state index contributed by atoms with van der Waals surface area (Å²) in [6.07, 6.45) is 0. The molecule has 0 spiro atoms. The monoisotopic (exact) mass is 459 g/mol. The van der Waals surface area contributed by atoms with Gasteiger partial charge in [-0.25, -0.2) is 4.79 Å². The standard InChI is InChI=1S/C23H17N5O4S/c1-32-13-9-7-12(8-10-13)19-18-20(26-25-19)14-4-2-5-15(17(14)21(18)29)24-23(31)28-27-22(30)16-6-3-11-33-16/h2-11,25-26,29H,1H3,(H,24,31). The average molecular weight is 459 g/mol. The van der Waals surface area contributed by atoms with Crippen LogP contribution < -0.4 is 10.1 Å². The van der Waals surface area contributed by atoms with E-state index in [4.69, 9.17) is 4.74 Å². The van der Waals surface area contributed by atoms with Crippen LogP contribution in [0.15, 0.2) is 70.2 Å². The number of benzene rings is 2. The maximum absolute atomic E-state index is 12.3. The minimum atomic E-state index is -0.821. The van der Waals surface area contributed by atoms with E-state index in [1.807, 2.05) is 30.3 Å². The zero-order valence-electron chi connectivity index (χ0n) is 17.2. The minimum Gasteiger partial charge on any atom is -0.506 e. The quantitative estimate of drug-likeness (QED) is 0.250. The zero-order chi connectivity index (χ0) is 22.9. The summed E-state index contributed by atoms with van der Waals surface area (Å²) in [5, 5.41) is 29.7. The van der Waals surface area contributed by atoms with Crippen LogP contribution in [0.3, 0.4) is 0 Å². The topological polar surface area (TPSA) is 132 Å². The maximum Gasteiger partial charge on any atom is 0.364 e. The van der Waals surface area contributed by atoms with E-state index in [0.29, 0.717) is 38.3 Å². The van der Waals surface area contributed by atoms with Crippen molar-refractivity contribution in [2.75, 3.05) is 12.4 Å². The van der Waals surface area contributed by atoms with Gasteiger partial charge in [-0.15, -0.1) is 16.5 Å². The molecule has 0 saturated carbocycles.